The van der Waals surface area contributed by atoms with Gasteiger partial charge in [-0.05, 0) is 49.2 Å². The van der Waals surface area contributed by atoms with Crippen LogP contribution < -0.4 is 11.1 Å². The van der Waals surface area contributed by atoms with Crippen molar-refractivity contribution in [3.8, 4) is 0 Å². The number of hydrogen-bond acceptors (Lipinski definition) is 2. The van der Waals surface area contributed by atoms with Crippen molar-refractivity contribution in [1.82, 2.24) is 0 Å². The van der Waals surface area contributed by atoms with Crippen molar-refractivity contribution in [2.24, 2.45) is 0 Å². The van der Waals surface area contributed by atoms with Gasteiger partial charge in [0.25, 0.3) is 5.91 Å². The molecule has 4 heteroatoms. The number of aryl methyl sites for hydroxylation is 2. The van der Waals surface area contributed by atoms with Crippen LogP contribution in [0.4, 0.5) is 11.4 Å². The molecule has 0 aromatic heterocycles. The van der Waals surface area contributed by atoms with Gasteiger partial charge < -0.3 is 11.1 Å². The van der Waals surface area contributed by atoms with Crippen LogP contribution in [0.15, 0.2) is 36.4 Å². The van der Waals surface area contributed by atoms with E-state index in [1.54, 1.807) is 24.3 Å². The van der Waals surface area contributed by atoms with Crippen molar-refractivity contribution in [2.75, 3.05) is 11.1 Å². The number of nitrogen functional groups attached to an aromatic ring is 1. The molecule has 0 heterocycles. The van der Waals surface area contributed by atoms with Crippen molar-refractivity contribution in [2.45, 2.75) is 13.8 Å². The molecule has 3 nitrogen and oxygen atoms in total. The van der Waals surface area contributed by atoms with Gasteiger partial charge in [-0.3, -0.25) is 4.79 Å². The van der Waals surface area contributed by atoms with Gasteiger partial charge in [-0.1, -0.05) is 23.7 Å². The fourth-order valence-electron chi connectivity index (χ4n) is 1.74. The Labute approximate surface area is 117 Å². The summed E-state index contributed by atoms with van der Waals surface area (Å²) < 4.78 is 0. The first kappa shape index (κ1) is 13.4. The monoisotopic (exact) mass is 274 g/mol. The van der Waals surface area contributed by atoms with Gasteiger partial charge in [0, 0.05) is 5.56 Å². The molecular weight excluding hydrogens is 260 g/mol. The Morgan fingerprint density at radius 3 is 2.53 bits per heavy atom. The summed E-state index contributed by atoms with van der Waals surface area (Å²) in [6, 6.07) is 10.7. The number of benzene rings is 2. The Balaban J connectivity index is 2.28. The van der Waals surface area contributed by atoms with Crippen LogP contribution >= 0.6 is 11.6 Å². The largest absolute Gasteiger partial charge is 0.397 e. The topological polar surface area (TPSA) is 55.1 Å². The van der Waals surface area contributed by atoms with E-state index in [0.29, 0.717) is 22.0 Å². The summed E-state index contributed by atoms with van der Waals surface area (Å²) in [5, 5.41) is 3.17. The van der Waals surface area contributed by atoms with E-state index in [4.69, 9.17) is 17.3 Å². The van der Waals surface area contributed by atoms with Gasteiger partial charge in [0.15, 0.2) is 0 Å². The molecule has 0 aliphatic carbocycles. The van der Waals surface area contributed by atoms with Gasteiger partial charge in [-0.15, -0.1) is 0 Å². The summed E-state index contributed by atoms with van der Waals surface area (Å²) >= 11 is 6.02. The molecule has 0 atom stereocenters. The molecule has 0 saturated carbocycles. The van der Waals surface area contributed by atoms with Crippen LogP contribution in [0.25, 0.3) is 0 Å². The van der Waals surface area contributed by atoms with E-state index in [-0.39, 0.29) is 5.91 Å². The van der Waals surface area contributed by atoms with Gasteiger partial charge >= 0.3 is 0 Å². The van der Waals surface area contributed by atoms with Gasteiger partial charge in [0.1, 0.15) is 0 Å². The quantitative estimate of drug-likeness (QED) is 0.819. The predicted molar refractivity (Wildman–Crippen MR) is 79.7 cm³/mol. The van der Waals surface area contributed by atoms with Crippen LogP contribution in [0.2, 0.25) is 5.02 Å². The molecule has 2 rings (SSSR count). The zero-order valence-corrected chi connectivity index (χ0v) is 11.6. The number of carbonyl (C=O) groups excluding carboxylic acids is 1. The maximum absolute atomic E-state index is 12.2. The van der Waals surface area contributed by atoms with Gasteiger partial charge in [-0.25, -0.2) is 0 Å². The number of rotatable bonds is 2. The Bertz CT molecular complexity index is 618. The maximum atomic E-state index is 12.2. The molecule has 0 fully saturated rings. The standard InChI is InChI=1S/C15H15ClN2O/c1-9-6-7-11(8-10(9)2)15(19)18-14-12(16)4-3-5-13(14)17/h3-8H,17H2,1-2H3,(H,18,19). The normalized spacial score (nSPS) is 10.3. The molecule has 3 N–H and O–H groups in total. The van der Waals surface area contributed by atoms with E-state index in [0.717, 1.165) is 11.1 Å². The Morgan fingerprint density at radius 1 is 1.16 bits per heavy atom. The average molecular weight is 275 g/mol. The van der Waals surface area contributed by atoms with Crippen molar-refractivity contribution in [1.29, 1.82) is 0 Å². The fraction of sp³-hybridized carbons (Fsp3) is 0.133. The lowest BCUT2D eigenvalue weighted by Gasteiger charge is -2.10. The van der Waals surface area contributed by atoms with Crippen molar-refractivity contribution >= 4 is 28.9 Å². The van der Waals surface area contributed by atoms with E-state index in [1.807, 2.05) is 26.0 Å². The first-order valence-corrected chi connectivity index (χ1v) is 6.29. The summed E-state index contributed by atoms with van der Waals surface area (Å²) in [6.45, 7) is 3.97. The highest BCUT2D eigenvalue weighted by Crippen LogP contribution is 2.28. The third-order valence-corrected chi connectivity index (χ3v) is 3.37. The molecule has 0 bridgehead atoms. The minimum atomic E-state index is -0.220. The van der Waals surface area contributed by atoms with E-state index in [2.05, 4.69) is 5.32 Å². The molecule has 0 aliphatic rings. The van der Waals surface area contributed by atoms with Gasteiger partial charge in [0.05, 0.1) is 16.4 Å². The fourth-order valence-corrected chi connectivity index (χ4v) is 1.97. The number of nitrogens with two attached hydrogens (primary N) is 1. The highest BCUT2D eigenvalue weighted by Gasteiger charge is 2.11. The minimum Gasteiger partial charge on any atom is -0.397 e. The lowest BCUT2D eigenvalue weighted by atomic mass is 10.1. The predicted octanol–water partition coefficient (Wildman–Crippen LogP) is 3.79. The summed E-state index contributed by atoms with van der Waals surface area (Å²) in [5.41, 5.74) is 9.50. The highest BCUT2D eigenvalue weighted by atomic mass is 35.5. The number of halogens is 1. The number of carbonyl (C=O) groups is 1. The molecular formula is C15H15ClN2O. The first-order valence-electron chi connectivity index (χ1n) is 5.91. The molecule has 2 aromatic carbocycles. The molecule has 19 heavy (non-hydrogen) atoms. The Hall–Kier alpha value is -2.00. The summed E-state index contributed by atoms with van der Waals surface area (Å²) in [4.78, 5) is 12.2. The van der Waals surface area contributed by atoms with Gasteiger partial charge in [0.2, 0.25) is 0 Å². The molecule has 2 aromatic rings. The summed E-state index contributed by atoms with van der Waals surface area (Å²) in [7, 11) is 0. The zero-order chi connectivity index (χ0) is 14.0. The molecule has 0 radical (unpaired) electrons. The Kier molecular flexibility index (Phi) is 3.76. The van der Waals surface area contributed by atoms with Crippen LogP contribution in [0.5, 0.6) is 0 Å². The van der Waals surface area contributed by atoms with Crippen LogP contribution in [-0.4, -0.2) is 5.91 Å². The second-order valence-electron chi connectivity index (χ2n) is 4.46. The second-order valence-corrected chi connectivity index (χ2v) is 4.86. The van der Waals surface area contributed by atoms with Crippen molar-refractivity contribution in [3.05, 3.63) is 58.1 Å². The van der Waals surface area contributed by atoms with Crippen LogP contribution in [0.1, 0.15) is 21.5 Å². The van der Waals surface area contributed by atoms with Crippen LogP contribution in [0.3, 0.4) is 0 Å². The lowest BCUT2D eigenvalue weighted by Crippen LogP contribution is -2.13. The van der Waals surface area contributed by atoms with Crippen molar-refractivity contribution < 1.29 is 4.79 Å². The second kappa shape index (κ2) is 5.33. The lowest BCUT2D eigenvalue weighted by molar-refractivity contribution is 0.102. The molecule has 0 saturated heterocycles. The van der Waals surface area contributed by atoms with Crippen LogP contribution in [0, 0.1) is 13.8 Å². The highest BCUT2D eigenvalue weighted by molar-refractivity contribution is 6.34. The maximum Gasteiger partial charge on any atom is 0.255 e. The first-order chi connectivity index (χ1) is 8.99. The third kappa shape index (κ3) is 2.88. The summed E-state index contributed by atoms with van der Waals surface area (Å²) in [6.07, 6.45) is 0. The van der Waals surface area contributed by atoms with E-state index in [9.17, 15) is 4.79 Å². The number of hydrogen-bond donors (Lipinski definition) is 2. The van der Waals surface area contributed by atoms with Gasteiger partial charge in [-0.2, -0.15) is 0 Å². The number of anilines is 2. The zero-order valence-electron chi connectivity index (χ0n) is 10.8. The van der Waals surface area contributed by atoms with E-state index >= 15 is 0 Å². The number of nitrogens with one attached hydrogen (secondary N) is 1. The van der Waals surface area contributed by atoms with Crippen LogP contribution in [-0.2, 0) is 0 Å². The average Bonchev–Trinajstić information content (AvgIpc) is 2.37. The smallest absolute Gasteiger partial charge is 0.255 e. The van der Waals surface area contributed by atoms with E-state index in [1.165, 1.54) is 0 Å². The van der Waals surface area contributed by atoms with Crippen molar-refractivity contribution in [3.63, 3.8) is 0 Å². The van der Waals surface area contributed by atoms with E-state index < -0.39 is 0 Å². The minimum absolute atomic E-state index is 0.220. The third-order valence-electron chi connectivity index (χ3n) is 3.05. The SMILES string of the molecule is Cc1ccc(C(=O)Nc2c(N)cccc2Cl)cc1C. The molecule has 0 spiro atoms. The molecule has 0 unspecified atom stereocenters. The number of amides is 1. The Morgan fingerprint density at radius 2 is 1.89 bits per heavy atom. The summed E-state index contributed by atoms with van der Waals surface area (Å²) in [5.74, 6) is -0.220. The molecule has 1 amide bonds. The number of para-hydroxylation sites is 1. The molecule has 0 aliphatic heterocycles. The molecule has 98 valence electrons.